The predicted octanol–water partition coefficient (Wildman–Crippen LogP) is 4.64. The molecule has 4 aromatic rings. The van der Waals surface area contributed by atoms with E-state index in [0.29, 0.717) is 17.4 Å². The van der Waals surface area contributed by atoms with Gasteiger partial charge in [-0.2, -0.15) is 0 Å². The molecule has 2 fully saturated rings. The molecule has 0 bridgehead atoms. The molecule has 2 unspecified atom stereocenters. The van der Waals surface area contributed by atoms with Crippen LogP contribution in [-0.4, -0.2) is 47.0 Å². The number of fused-ring (bicyclic) bond motifs is 2. The highest BCUT2D eigenvalue weighted by molar-refractivity contribution is 6.01. The zero-order valence-electron chi connectivity index (χ0n) is 18.1. The van der Waals surface area contributed by atoms with Gasteiger partial charge in [0, 0.05) is 43.6 Å². The molecule has 0 N–H and O–H groups in total. The van der Waals surface area contributed by atoms with E-state index in [1.54, 1.807) is 12.1 Å². The maximum Gasteiger partial charge on any atom is 0.254 e. The molecule has 164 valence electrons. The predicted molar refractivity (Wildman–Crippen MR) is 126 cm³/mol. The number of hydrogen-bond donors (Lipinski definition) is 0. The Bertz CT molecular complexity index is 1330. The molecule has 0 saturated carbocycles. The van der Waals surface area contributed by atoms with E-state index in [-0.39, 0.29) is 11.7 Å². The molecule has 6 heteroatoms. The number of hydrogen-bond acceptors (Lipinski definition) is 4. The maximum atomic E-state index is 13.5. The van der Waals surface area contributed by atoms with Crippen LogP contribution in [0.4, 0.5) is 10.2 Å². The van der Waals surface area contributed by atoms with Crippen LogP contribution in [0.2, 0.25) is 0 Å². The number of halogens is 1. The summed E-state index contributed by atoms with van der Waals surface area (Å²) >= 11 is 0. The fourth-order valence-corrected chi connectivity index (χ4v) is 5.17. The smallest absolute Gasteiger partial charge is 0.254 e. The van der Waals surface area contributed by atoms with Crippen LogP contribution in [0.15, 0.2) is 79.0 Å². The SMILES string of the molecule is O=C(c1ccccc1-c1ccc(F)cc1)N1CC2CN(c3cnc4ccccc4n3)CC2C1. The van der Waals surface area contributed by atoms with Gasteiger partial charge in [-0.25, -0.2) is 9.37 Å². The van der Waals surface area contributed by atoms with Gasteiger partial charge in [0.1, 0.15) is 11.6 Å². The number of para-hydroxylation sites is 2. The summed E-state index contributed by atoms with van der Waals surface area (Å²) in [5.41, 5.74) is 4.16. The molecule has 3 heterocycles. The Morgan fingerprint density at radius 1 is 0.818 bits per heavy atom. The number of aromatic nitrogens is 2. The average molecular weight is 439 g/mol. The number of amides is 1. The first-order valence-electron chi connectivity index (χ1n) is 11.3. The highest BCUT2D eigenvalue weighted by Crippen LogP contribution is 2.35. The first-order chi connectivity index (χ1) is 16.2. The summed E-state index contributed by atoms with van der Waals surface area (Å²) in [5, 5.41) is 0. The minimum absolute atomic E-state index is 0.0429. The van der Waals surface area contributed by atoms with E-state index in [2.05, 4.69) is 9.88 Å². The van der Waals surface area contributed by atoms with E-state index in [9.17, 15) is 9.18 Å². The molecule has 2 atom stereocenters. The molecular formula is C27H23FN4O. The summed E-state index contributed by atoms with van der Waals surface area (Å²) in [6.07, 6.45) is 1.85. The van der Waals surface area contributed by atoms with Crippen molar-refractivity contribution < 1.29 is 9.18 Å². The number of anilines is 1. The van der Waals surface area contributed by atoms with Crippen LogP contribution in [0.5, 0.6) is 0 Å². The Kier molecular flexibility index (Phi) is 4.79. The molecule has 2 aliphatic heterocycles. The molecule has 0 spiro atoms. The third kappa shape index (κ3) is 3.61. The number of likely N-dealkylation sites (tertiary alicyclic amines) is 1. The summed E-state index contributed by atoms with van der Waals surface area (Å²) in [6, 6.07) is 21.8. The van der Waals surface area contributed by atoms with Crippen molar-refractivity contribution in [3.63, 3.8) is 0 Å². The van der Waals surface area contributed by atoms with E-state index in [4.69, 9.17) is 4.98 Å². The number of nitrogens with zero attached hydrogens (tertiary/aromatic N) is 4. The van der Waals surface area contributed by atoms with Gasteiger partial charge in [-0.1, -0.05) is 42.5 Å². The Morgan fingerprint density at radius 2 is 1.48 bits per heavy atom. The molecular weight excluding hydrogens is 415 g/mol. The van der Waals surface area contributed by atoms with Crippen LogP contribution in [0, 0.1) is 17.7 Å². The van der Waals surface area contributed by atoms with Gasteiger partial charge in [-0.3, -0.25) is 9.78 Å². The molecule has 2 saturated heterocycles. The lowest BCUT2D eigenvalue weighted by Gasteiger charge is -2.23. The lowest BCUT2D eigenvalue weighted by Crippen LogP contribution is -2.33. The molecule has 6 rings (SSSR count). The Morgan fingerprint density at radius 3 is 2.24 bits per heavy atom. The van der Waals surface area contributed by atoms with Crippen LogP contribution in [0.1, 0.15) is 10.4 Å². The second-order valence-electron chi connectivity index (χ2n) is 8.90. The minimum Gasteiger partial charge on any atom is -0.355 e. The van der Waals surface area contributed by atoms with Gasteiger partial charge in [-0.15, -0.1) is 0 Å². The number of rotatable bonds is 3. The van der Waals surface area contributed by atoms with E-state index in [1.807, 2.05) is 59.6 Å². The Balaban J connectivity index is 1.19. The van der Waals surface area contributed by atoms with Crippen LogP contribution in [0.3, 0.4) is 0 Å². The summed E-state index contributed by atoms with van der Waals surface area (Å²) < 4.78 is 13.4. The first-order valence-corrected chi connectivity index (χ1v) is 11.3. The van der Waals surface area contributed by atoms with Crippen molar-refractivity contribution in [3.05, 3.63) is 90.4 Å². The fourth-order valence-electron chi connectivity index (χ4n) is 5.17. The molecule has 33 heavy (non-hydrogen) atoms. The summed E-state index contributed by atoms with van der Waals surface area (Å²) in [7, 11) is 0. The van der Waals surface area contributed by atoms with Gasteiger partial charge >= 0.3 is 0 Å². The zero-order valence-corrected chi connectivity index (χ0v) is 18.1. The quantitative estimate of drug-likeness (QED) is 0.467. The molecule has 1 aromatic heterocycles. The fraction of sp³-hybridized carbons (Fsp3) is 0.222. The third-order valence-corrected chi connectivity index (χ3v) is 6.85. The average Bonchev–Trinajstić information content (AvgIpc) is 3.44. The van der Waals surface area contributed by atoms with E-state index < -0.39 is 0 Å². The first kappa shape index (κ1) is 19.9. The molecule has 0 aliphatic carbocycles. The number of carbonyl (C=O) groups is 1. The molecule has 5 nitrogen and oxygen atoms in total. The van der Waals surface area contributed by atoms with Crippen LogP contribution in [-0.2, 0) is 0 Å². The second-order valence-corrected chi connectivity index (χ2v) is 8.90. The second kappa shape index (κ2) is 7.96. The van der Waals surface area contributed by atoms with E-state index >= 15 is 0 Å². The van der Waals surface area contributed by atoms with Crippen LogP contribution >= 0.6 is 0 Å². The summed E-state index contributed by atoms with van der Waals surface area (Å²) in [5.74, 6) is 1.50. The standard InChI is InChI=1S/C27H23FN4O/c28-21-11-9-18(10-12-21)22-5-1-2-6-23(22)27(33)32-16-19-14-31(15-20(19)17-32)26-13-29-24-7-3-4-8-25(24)30-26/h1-13,19-20H,14-17H2. The van der Waals surface area contributed by atoms with Gasteiger partial charge in [0.05, 0.1) is 17.2 Å². The van der Waals surface area contributed by atoms with Crippen molar-refractivity contribution in [2.75, 3.05) is 31.1 Å². The van der Waals surface area contributed by atoms with Gasteiger partial charge < -0.3 is 9.80 Å². The van der Waals surface area contributed by atoms with Crippen molar-refractivity contribution >= 4 is 22.8 Å². The van der Waals surface area contributed by atoms with Gasteiger partial charge in [-0.05, 0) is 41.5 Å². The van der Waals surface area contributed by atoms with Crippen molar-refractivity contribution in [1.29, 1.82) is 0 Å². The molecule has 3 aromatic carbocycles. The van der Waals surface area contributed by atoms with Crippen molar-refractivity contribution in [2.45, 2.75) is 0 Å². The number of carbonyl (C=O) groups excluding carboxylic acids is 1. The normalized spacial score (nSPS) is 19.8. The summed E-state index contributed by atoms with van der Waals surface area (Å²) in [6.45, 7) is 3.22. The highest BCUT2D eigenvalue weighted by atomic mass is 19.1. The van der Waals surface area contributed by atoms with Gasteiger partial charge in [0.15, 0.2) is 0 Å². The van der Waals surface area contributed by atoms with E-state index in [0.717, 1.165) is 54.2 Å². The van der Waals surface area contributed by atoms with Gasteiger partial charge in [0.25, 0.3) is 5.91 Å². The number of benzene rings is 3. The van der Waals surface area contributed by atoms with Crippen molar-refractivity contribution in [2.24, 2.45) is 11.8 Å². The lowest BCUT2D eigenvalue weighted by molar-refractivity contribution is 0.0783. The maximum absolute atomic E-state index is 13.5. The van der Waals surface area contributed by atoms with Gasteiger partial charge in [0.2, 0.25) is 0 Å². The van der Waals surface area contributed by atoms with Crippen molar-refractivity contribution in [1.82, 2.24) is 14.9 Å². The van der Waals surface area contributed by atoms with Crippen LogP contribution in [0.25, 0.3) is 22.2 Å². The molecule has 1 amide bonds. The molecule has 2 aliphatic rings. The topological polar surface area (TPSA) is 49.3 Å². The zero-order chi connectivity index (χ0) is 22.4. The lowest BCUT2D eigenvalue weighted by atomic mass is 9.99. The Hall–Kier alpha value is -3.80. The monoisotopic (exact) mass is 438 g/mol. The van der Waals surface area contributed by atoms with E-state index in [1.165, 1.54) is 12.1 Å². The highest BCUT2D eigenvalue weighted by Gasteiger charge is 2.42. The molecule has 0 radical (unpaired) electrons. The summed E-state index contributed by atoms with van der Waals surface area (Å²) in [4.78, 5) is 27.1. The minimum atomic E-state index is -0.282. The Labute approximate surface area is 191 Å². The third-order valence-electron chi connectivity index (χ3n) is 6.85. The van der Waals surface area contributed by atoms with Crippen LogP contribution < -0.4 is 4.90 Å². The van der Waals surface area contributed by atoms with Crippen molar-refractivity contribution in [3.8, 4) is 11.1 Å². The largest absolute Gasteiger partial charge is 0.355 e.